The lowest BCUT2D eigenvalue weighted by atomic mass is 10.1. The van der Waals surface area contributed by atoms with Crippen LogP contribution in [-0.2, 0) is 7.05 Å². The number of methoxy groups -OCH3 is 1. The SMILES string of the molecule is CCOc1cc(-c2cc(N)n(C)n2)c(OC)cc1C. The first-order chi connectivity index (χ1) is 9.06. The minimum Gasteiger partial charge on any atom is -0.496 e. The molecule has 0 aliphatic heterocycles. The Morgan fingerprint density at radius 1 is 1.26 bits per heavy atom. The van der Waals surface area contributed by atoms with Crippen molar-refractivity contribution in [2.45, 2.75) is 13.8 Å². The maximum Gasteiger partial charge on any atom is 0.128 e. The summed E-state index contributed by atoms with van der Waals surface area (Å²) in [6.07, 6.45) is 0. The van der Waals surface area contributed by atoms with Crippen LogP contribution >= 0.6 is 0 Å². The molecule has 102 valence electrons. The van der Waals surface area contributed by atoms with Crippen LogP contribution in [0, 0.1) is 6.92 Å². The third-order valence-corrected chi connectivity index (χ3v) is 2.99. The normalized spacial score (nSPS) is 10.5. The van der Waals surface area contributed by atoms with Crippen LogP contribution in [0.15, 0.2) is 18.2 Å². The third kappa shape index (κ3) is 2.50. The highest BCUT2D eigenvalue weighted by atomic mass is 16.5. The molecular formula is C14H19N3O2. The van der Waals surface area contributed by atoms with E-state index in [9.17, 15) is 0 Å². The van der Waals surface area contributed by atoms with Crippen molar-refractivity contribution in [2.24, 2.45) is 7.05 Å². The van der Waals surface area contributed by atoms with Crippen LogP contribution in [0.25, 0.3) is 11.3 Å². The molecule has 0 fully saturated rings. The van der Waals surface area contributed by atoms with E-state index in [1.165, 1.54) is 0 Å². The molecule has 1 aromatic carbocycles. The molecule has 0 spiro atoms. The molecule has 2 rings (SSSR count). The van der Waals surface area contributed by atoms with E-state index in [-0.39, 0.29) is 0 Å². The number of aromatic nitrogens is 2. The number of rotatable bonds is 4. The van der Waals surface area contributed by atoms with Gasteiger partial charge in [0.1, 0.15) is 17.3 Å². The maximum atomic E-state index is 5.82. The average molecular weight is 261 g/mol. The predicted octanol–water partition coefficient (Wildman–Crippen LogP) is 2.39. The van der Waals surface area contributed by atoms with Crippen LogP contribution in [0.4, 0.5) is 5.82 Å². The first kappa shape index (κ1) is 13.3. The molecular weight excluding hydrogens is 242 g/mol. The van der Waals surface area contributed by atoms with Crippen molar-refractivity contribution in [3.63, 3.8) is 0 Å². The Labute approximate surface area is 112 Å². The molecule has 0 saturated carbocycles. The number of nitrogens with two attached hydrogens (primary N) is 1. The Bertz CT molecular complexity index is 571. The number of ether oxygens (including phenoxy) is 2. The molecule has 5 nitrogen and oxygen atoms in total. The zero-order chi connectivity index (χ0) is 14.0. The van der Waals surface area contributed by atoms with Crippen LogP contribution in [0.3, 0.4) is 0 Å². The smallest absolute Gasteiger partial charge is 0.128 e. The van der Waals surface area contributed by atoms with E-state index >= 15 is 0 Å². The first-order valence-electron chi connectivity index (χ1n) is 6.18. The summed E-state index contributed by atoms with van der Waals surface area (Å²) in [7, 11) is 3.45. The Morgan fingerprint density at radius 3 is 2.53 bits per heavy atom. The molecule has 0 atom stereocenters. The molecule has 0 unspecified atom stereocenters. The molecule has 2 N–H and O–H groups in total. The number of aryl methyl sites for hydroxylation is 2. The van der Waals surface area contributed by atoms with E-state index in [1.54, 1.807) is 11.8 Å². The van der Waals surface area contributed by atoms with Gasteiger partial charge in [-0.2, -0.15) is 5.10 Å². The molecule has 0 saturated heterocycles. The molecule has 5 heteroatoms. The fourth-order valence-electron chi connectivity index (χ4n) is 1.95. The molecule has 0 amide bonds. The number of nitrogens with zero attached hydrogens (tertiary/aromatic N) is 2. The summed E-state index contributed by atoms with van der Waals surface area (Å²) in [6, 6.07) is 5.72. The lowest BCUT2D eigenvalue weighted by molar-refractivity contribution is 0.336. The molecule has 1 heterocycles. The molecule has 0 bridgehead atoms. The van der Waals surface area contributed by atoms with E-state index in [2.05, 4.69) is 5.10 Å². The van der Waals surface area contributed by atoms with Gasteiger partial charge in [-0.25, -0.2) is 0 Å². The van der Waals surface area contributed by atoms with Crippen LogP contribution in [0.1, 0.15) is 12.5 Å². The van der Waals surface area contributed by atoms with Crippen LogP contribution in [0.5, 0.6) is 11.5 Å². The van der Waals surface area contributed by atoms with E-state index < -0.39 is 0 Å². The standard InChI is InChI=1S/C14H19N3O2/c1-5-19-12-7-10(13(18-4)6-9(12)2)11-8-14(15)17(3)16-11/h6-8H,5,15H2,1-4H3. The summed E-state index contributed by atoms with van der Waals surface area (Å²) in [5, 5.41) is 4.38. The summed E-state index contributed by atoms with van der Waals surface area (Å²) in [4.78, 5) is 0. The van der Waals surface area contributed by atoms with Crippen LogP contribution in [0.2, 0.25) is 0 Å². The van der Waals surface area contributed by atoms with Gasteiger partial charge in [0.05, 0.1) is 19.4 Å². The second-order valence-corrected chi connectivity index (χ2v) is 4.33. The lowest BCUT2D eigenvalue weighted by Crippen LogP contribution is -1.98. The monoisotopic (exact) mass is 261 g/mol. The second kappa shape index (κ2) is 5.22. The average Bonchev–Trinajstić information content (AvgIpc) is 2.71. The summed E-state index contributed by atoms with van der Waals surface area (Å²) in [5.41, 5.74) is 8.51. The van der Waals surface area contributed by atoms with Crippen molar-refractivity contribution in [2.75, 3.05) is 19.5 Å². The first-order valence-corrected chi connectivity index (χ1v) is 6.18. The van der Waals surface area contributed by atoms with Gasteiger partial charge in [0.15, 0.2) is 0 Å². The van der Waals surface area contributed by atoms with E-state index in [0.717, 1.165) is 28.3 Å². The van der Waals surface area contributed by atoms with Crippen molar-refractivity contribution in [1.82, 2.24) is 9.78 Å². The van der Waals surface area contributed by atoms with E-state index in [0.29, 0.717) is 12.4 Å². The van der Waals surface area contributed by atoms with Gasteiger partial charge in [-0.1, -0.05) is 0 Å². The minimum absolute atomic E-state index is 0.607. The van der Waals surface area contributed by atoms with Gasteiger partial charge in [-0.05, 0) is 31.5 Å². The van der Waals surface area contributed by atoms with E-state index in [1.807, 2.05) is 39.1 Å². The fraction of sp³-hybridized carbons (Fsp3) is 0.357. The number of anilines is 1. The van der Waals surface area contributed by atoms with Crippen molar-refractivity contribution in [3.05, 3.63) is 23.8 Å². The number of nitrogen functional groups attached to an aromatic ring is 1. The largest absolute Gasteiger partial charge is 0.496 e. The fourth-order valence-corrected chi connectivity index (χ4v) is 1.95. The zero-order valence-electron chi connectivity index (χ0n) is 11.7. The van der Waals surface area contributed by atoms with Gasteiger partial charge in [0.25, 0.3) is 0 Å². The highest BCUT2D eigenvalue weighted by molar-refractivity contribution is 5.72. The van der Waals surface area contributed by atoms with Gasteiger partial charge < -0.3 is 15.2 Å². The van der Waals surface area contributed by atoms with Crippen molar-refractivity contribution >= 4 is 5.82 Å². The van der Waals surface area contributed by atoms with Crippen LogP contribution < -0.4 is 15.2 Å². The van der Waals surface area contributed by atoms with E-state index in [4.69, 9.17) is 15.2 Å². The molecule has 0 radical (unpaired) electrons. The van der Waals surface area contributed by atoms with Crippen molar-refractivity contribution < 1.29 is 9.47 Å². The maximum absolute atomic E-state index is 5.82. The molecule has 0 aliphatic carbocycles. The lowest BCUT2D eigenvalue weighted by Gasteiger charge is -2.12. The highest BCUT2D eigenvalue weighted by Gasteiger charge is 2.14. The summed E-state index contributed by atoms with van der Waals surface area (Å²) in [5.74, 6) is 2.21. The summed E-state index contributed by atoms with van der Waals surface area (Å²) >= 11 is 0. The van der Waals surface area contributed by atoms with Gasteiger partial charge >= 0.3 is 0 Å². The van der Waals surface area contributed by atoms with Crippen LogP contribution in [-0.4, -0.2) is 23.5 Å². The van der Waals surface area contributed by atoms with Crippen molar-refractivity contribution in [3.8, 4) is 22.8 Å². The van der Waals surface area contributed by atoms with Gasteiger partial charge in [0.2, 0.25) is 0 Å². The summed E-state index contributed by atoms with van der Waals surface area (Å²) in [6.45, 7) is 4.57. The number of hydrogen-bond acceptors (Lipinski definition) is 4. The Balaban J connectivity index is 2.56. The Morgan fingerprint density at radius 2 is 2.00 bits per heavy atom. The van der Waals surface area contributed by atoms with Gasteiger partial charge in [0, 0.05) is 18.7 Å². The van der Waals surface area contributed by atoms with Gasteiger partial charge in [-0.3, -0.25) is 4.68 Å². The molecule has 0 aliphatic rings. The minimum atomic E-state index is 0.607. The zero-order valence-corrected chi connectivity index (χ0v) is 11.7. The predicted molar refractivity (Wildman–Crippen MR) is 75.5 cm³/mol. The second-order valence-electron chi connectivity index (χ2n) is 4.33. The van der Waals surface area contributed by atoms with Gasteiger partial charge in [-0.15, -0.1) is 0 Å². The quantitative estimate of drug-likeness (QED) is 0.918. The number of benzene rings is 1. The Hall–Kier alpha value is -2.17. The third-order valence-electron chi connectivity index (χ3n) is 2.99. The molecule has 1 aromatic heterocycles. The highest BCUT2D eigenvalue weighted by Crippen LogP contribution is 2.35. The van der Waals surface area contributed by atoms with Crippen molar-refractivity contribution in [1.29, 1.82) is 0 Å². The summed E-state index contributed by atoms with van der Waals surface area (Å²) < 4.78 is 12.7. The number of hydrogen-bond donors (Lipinski definition) is 1. The Kier molecular flexibility index (Phi) is 3.64. The molecule has 19 heavy (non-hydrogen) atoms. The molecule has 2 aromatic rings. The topological polar surface area (TPSA) is 62.3 Å².